The highest BCUT2D eigenvalue weighted by molar-refractivity contribution is 7.13. The Morgan fingerprint density at radius 2 is 1.96 bits per heavy atom. The van der Waals surface area contributed by atoms with E-state index in [1.807, 2.05) is 18.2 Å². The molecule has 0 bridgehead atoms. The minimum absolute atomic E-state index is 0.0327. The van der Waals surface area contributed by atoms with Crippen molar-refractivity contribution in [3.05, 3.63) is 64.3 Å². The number of carbonyl (C=O) groups is 1. The zero-order chi connectivity index (χ0) is 16.7. The molecule has 1 heterocycles. The van der Waals surface area contributed by atoms with Crippen LogP contribution in [0, 0.1) is 10.1 Å². The fourth-order valence-electron chi connectivity index (χ4n) is 2.87. The van der Waals surface area contributed by atoms with Crippen LogP contribution in [0.3, 0.4) is 0 Å². The van der Waals surface area contributed by atoms with Crippen LogP contribution < -0.4 is 5.32 Å². The van der Waals surface area contributed by atoms with E-state index in [0.717, 1.165) is 34.2 Å². The summed E-state index contributed by atoms with van der Waals surface area (Å²) in [7, 11) is 0. The van der Waals surface area contributed by atoms with Gasteiger partial charge in [-0.05, 0) is 48.1 Å². The van der Waals surface area contributed by atoms with Gasteiger partial charge in [0.2, 0.25) is 5.91 Å². The number of fused-ring (bicyclic) bond motifs is 1. The van der Waals surface area contributed by atoms with Crippen molar-refractivity contribution in [2.24, 2.45) is 0 Å². The van der Waals surface area contributed by atoms with Crippen molar-refractivity contribution in [1.82, 2.24) is 4.37 Å². The Labute approximate surface area is 141 Å². The number of nitrogens with zero attached hydrogens (tertiary/aromatic N) is 2. The second kappa shape index (κ2) is 5.38. The van der Waals surface area contributed by atoms with Crippen molar-refractivity contribution < 1.29 is 9.72 Å². The van der Waals surface area contributed by atoms with Gasteiger partial charge < -0.3 is 5.32 Å². The van der Waals surface area contributed by atoms with E-state index in [1.54, 1.807) is 18.3 Å². The van der Waals surface area contributed by atoms with E-state index in [2.05, 4.69) is 9.69 Å². The first-order valence-corrected chi connectivity index (χ1v) is 8.27. The van der Waals surface area contributed by atoms with Crippen LogP contribution in [0.5, 0.6) is 0 Å². The third-order valence-electron chi connectivity index (χ3n) is 4.43. The first kappa shape index (κ1) is 14.8. The molecule has 1 saturated carbocycles. The highest BCUT2D eigenvalue weighted by atomic mass is 32.1. The van der Waals surface area contributed by atoms with E-state index in [9.17, 15) is 14.9 Å². The molecule has 1 aliphatic rings. The fraction of sp³-hybridized carbons (Fsp3) is 0.176. The number of hydrogen-bond donors (Lipinski definition) is 1. The molecule has 0 spiro atoms. The second-order valence-corrected chi connectivity index (χ2v) is 6.75. The molecule has 2 aromatic carbocycles. The smallest absolute Gasteiger partial charge is 0.269 e. The van der Waals surface area contributed by atoms with Gasteiger partial charge in [0, 0.05) is 29.4 Å². The van der Waals surface area contributed by atoms with E-state index in [-0.39, 0.29) is 11.6 Å². The Morgan fingerprint density at radius 3 is 2.62 bits per heavy atom. The van der Waals surface area contributed by atoms with E-state index >= 15 is 0 Å². The third kappa shape index (κ3) is 2.43. The van der Waals surface area contributed by atoms with Crippen LogP contribution in [0.4, 0.5) is 11.4 Å². The summed E-state index contributed by atoms with van der Waals surface area (Å²) in [5.41, 5.74) is 1.02. The number of rotatable bonds is 4. The number of hydrogen-bond acceptors (Lipinski definition) is 5. The number of nitro benzene ring substituents is 1. The number of non-ortho nitro benzene ring substituents is 1. The van der Waals surface area contributed by atoms with Crippen molar-refractivity contribution in [2.45, 2.75) is 18.3 Å². The maximum absolute atomic E-state index is 12.7. The lowest BCUT2D eigenvalue weighted by atomic mass is 9.94. The van der Waals surface area contributed by atoms with Gasteiger partial charge in [0.15, 0.2) is 0 Å². The van der Waals surface area contributed by atoms with Gasteiger partial charge in [0.1, 0.15) is 0 Å². The lowest BCUT2D eigenvalue weighted by molar-refractivity contribution is -0.384. The molecule has 0 atom stereocenters. The maximum atomic E-state index is 12.7. The largest absolute Gasteiger partial charge is 0.325 e. The highest BCUT2D eigenvalue weighted by Crippen LogP contribution is 2.49. The van der Waals surface area contributed by atoms with Gasteiger partial charge in [-0.15, -0.1) is 0 Å². The quantitative estimate of drug-likeness (QED) is 0.577. The lowest BCUT2D eigenvalue weighted by Crippen LogP contribution is -2.27. The average Bonchev–Trinajstić information content (AvgIpc) is 3.27. The molecule has 0 saturated heterocycles. The number of nitrogens with one attached hydrogen (secondary N) is 1. The number of carbonyl (C=O) groups excluding carboxylic acids is 1. The Balaban J connectivity index is 1.57. The molecule has 1 amide bonds. The molecule has 1 N–H and O–H groups in total. The van der Waals surface area contributed by atoms with Gasteiger partial charge >= 0.3 is 0 Å². The molecule has 120 valence electrons. The number of nitro groups is 1. The van der Waals surface area contributed by atoms with Crippen molar-refractivity contribution >= 4 is 38.9 Å². The van der Waals surface area contributed by atoms with Crippen LogP contribution in [0.1, 0.15) is 18.4 Å². The first-order valence-electron chi connectivity index (χ1n) is 7.49. The standard InChI is InChI=1S/C17H13N3O3S/c21-16(19-13-3-6-15-11(9-13)10-18-24-15)17(7-8-17)12-1-4-14(5-2-12)20(22)23/h1-6,9-10H,7-8H2,(H,19,21). The average molecular weight is 339 g/mol. The number of amides is 1. The molecule has 0 aliphatic heterocycles. The summed E-state index contributed by atoms with van der Waals surface area (Å²) in [6.07, 6.45) is 3.27. The van der Waals surface area contributed by atoms with Crippen molar-refractivity contribution in [2.75, 3.05) is 5.32 Å². The number of benzene rings is 2. The lowest BCUT2D eigenvalue weighted by Gasteiger charge is -2.15. The highest BCUT2D eigenvalue weighted by Gasteiger charge is 2.51. The van der Waals surface area contributed by atoms with Crippen LogP contribution in [0.15, 0.2) is 48.7 Å². The van der Waals surface area contributed by atoms with Gasteiger partial charge in [-0.25, -0.2) is 0 Å². The molecule has 4 rings (SSSR count). The third-order valence-corrected chi connectivity index (χ3v) is 5.21. The van der Waals surface area contributed by atoms with Gasteiger partial charge in [-0.1, -0.05) is 12.1 Å². The molecule has 1 aliphatic carbocycles. The summed E-state index contributed by atoms with van der Waals surface area (Å²) in [5.74, 6) is -0.0705. The maximum Gasteiger partial charge on any atom is 0.269 e. The van der Waals surface area contributed by atoms with Gasteiger partial charge in [0.25, 0.3) is 5.69 Å². The molecule has 1 aromatic heterocycles. The van der Waals surface area contributed by atoms with Crippen LogP contribution in [0.2, 0.25) is 0 Å². The van der Waals surface area contributed by atoms with Crippen molar-refractivity contribution in [3.63, 3.8) is 0 Å². The van der Waals surface area contributed by atoms with Crippen LogP contribution in [-0.4, -0.2) is 15.2 Å². The zero-order valence-corrected chi connectivity index (χ0v) is 13.4. The summed E-state index contributed by atoms with van der Waals surface area (Å²) in [5, 5.41) is 14.7. The molecule has 0 unspecified atom stereocenters. The predicted molar refractivity (Wildman–Crippen MR) is 92.3 cm³/mol. The van der Waals surface area contributed by atoms with Crippen molar-refractivity contribution in [3.8, 4) is 0 Å². The Kier molecular flexibility index (Phi) is 3.31. The molecule has 0 radical (unpaired) electrons. The van der Waals surface area contributed by atoms with E-state index in [1.165, 1.54) is 23.7 Å². The summed E-state index contributed by atoms with van der Waals surface area (Å²) in [6, 6.07) is 12.0. The molecule has 7 heteroatoms. The normalized spacial score (nSPS) is 15.2. The molecule has 6 nitrogen and oxygen atoms in total. The summed E-state index contributed by atoms with van der Waals surface area (Å²) in [6.45, 7) is 0. The predicted octanol–water partition coefficient (Wildman–Crippen LogP) is 3.87. The summed E-state index contributed by atoms with van der Waals surface area (Å²) < 4.78 is 5.20. The molecular weight excluding hydrogens is 326 g/mol. The molecular formula is C17H13N3O3S. The van der Waals surface area contributed by atoms with E-state index < -0.39 is 10.3 Å². The van der Waals surface area contributed by atoms with Gasteiger partial charge in [-0.3, -0.25) is 14.9 Å². The minimum Gasteiger partial charge on any atom is -0.325 e. The zero-order valence-electron chi connectivity index (χ0n) is 12.6. The Bertz CT molecular complexity index is 945. The minimum atomic E-state index is -0.572. The summed E-state index contributed by atoms with van der Waals surface area (Å²) in [4.78, 5) is 23.1. The number of anilines is 1. The molecule has 24 heavy (non-hydrogen) atoms. The monoisotopic (exact) mass is 339 g/mol. The van der Waals surface area contributed by atoms with E-state index in [4.69, 9.17) is 0 Å². The topological polar surface area (TPSA) is 85.1 Å². The first-order chi connectivity index (χ1) is 11.6. The van der Waals surface area contributed by atoms with E-state index in [0.29, 0.717) is 0 Å². The number of aromatic nitrogens is 1. The Morgan fingerprint density at radius 1 is 1.21 bits per heavy atom. The van der Waals surface area contributed by atoms with Crippen LogP contribution >= 0.6 is 11.5 Å². The van der Waals surface area contributed by atoms with Crippen molar-refractivity contribution in [1.29, 1.82) is 0 Å². The second-order valence-electron chi connectivity index (χ2n) is 5.92. The van der Waals surface area contributed by atoms with Crippen LogP contribution in [0.25, 0.3) is 10.1 Å². The van der Waals surface area contributed by atoms with Gasteiger partial charge in [-0.2, -0.15) is 4.37 Å². The molecule has 3 aromatic rings. The Hall–Kier alpha value is -2.80. The van der Waals surface area contributed by atoms with Gasteiger partial charge in [0.05, 0.1) is 15.0 Å². The summed E-state index contributed by atoms with van der Waals surface area (Å²) >= 11 is 1.42. The molecule has 1 fully saturated rings. The van der Waals surface area contributed by atoms with Crippen LogP contribution in [-0.2, 0) is 10.2 Å². The SMILES string of the molecule is O=C(Nc1ccc2sncc2c1)C1(c2ccc([N+](=O)[O-])cc2)CC1. The fourth-order valence-corrected chi connectivity index (χ4v) is 3.50.